The second kappa shape index (κ2) is 8.38. The molecule has 1 N–H and O–H groups in total. The van der Waals surface area contributed by atoms with Crippen molar-refractivity contribution < 1.29 is 45.8 Å². The third kappa shape index (κ3) is 4.67. The fourth-order valence-corrected chi connectivity index (χ4v) is 3.54. The molecule has 8 nitrogen and oxygen atoms in total. The molecule has 1 aromatic rings. The molecule has 2 saturated heterocycles. The number of nitriles is 1. The Hall–Kier alpha value is -3.21. The van der Waals surface area contributed by atoms with Gasteiger partial charge in [-0.3, -0.25) is 4.79 Å². The van der Waals surface area contributed by atoms with Gasteiger partial charge < -0.3 is 24.5 Å². The predicted octanol–water partition coefficient (Wildman–Crippen LogP) is 2.49. The molecule has 0 saturated carbocycles. The van der Waals surface area contributed by atoms with Gasteiger partial charge in [-0.25, -0.2) is 4.79 Å². The minimum absolute atomic E-state index is 0.0369. The average Bonchev–Trinajstić information content (AvgIpc) is 3.18. The van der Waals surface area contributed by atoms with Crippen LogP contribution in [0.4, 0.5) is 36.8 Å². The molecule has 2 heterocycles. The van der Waals surface area contributed by atoms with Crippen molar-refractivity contribution in [3.63, 3.8) is 0 Å². The zero-order valence-corrected chi connectivity index (χ0v) is 16.2. The Labute approximate surface area is 177 Å². The second-order valence-corrected chi connectivity index (χ2v) is 7.11. The molecule has 2 aliphatic heterocycles. The highest BCUT2D eigenvalue weighted by Crippen LogP contribution is 2.39. The predicted molar refractivity (Wildman–Crippen MR) is 94.4 cm³/mol. The molecule has 0 bridgehead atoms. The van der Waals surface area contributed by atoms with Crippen LogP contribution in [0.3, 0.4) is 0 Å². The van der Waals surface area contributed by atoms with Crippen molar-refractivity contribution >= 4 is 17.7 Å². The molecule has 3 rings (SSSR count). The van der Waals surface area contributed by atoms with Crippen LogP contribution in [-0.2, 0) is 15.7 Å². The monoisotopic (exact) mass is 466 g/mol. The van der Waals surface area contributed by atoms with Gasteiger partial charge in [0.1, 0.15) is 0 Å². The lowest BCUT2D eigenvalue weighted by Gasteiger charge is -2.34. The first-order chi connectivity index (χ1) is 14.8. The van der Waals surface area contributed by atoms with Crippen LogP contribution >= 0.6 is 0 Å². The first kappa shape index (κ1) is 23.5. The highest BCUT2D eigenvalue weighted by molar-refractivity contribution is 5.83. The summed E-state index contributed by atoms with van der Waals surface area (Å²) in [7, 11) is 0. The largest absolute Gasteiger partial charge is 0.465 e. The molecular formula is C18H16F6N4O4. The van der Waals surface area contributed by atoms with Crippen molar-refractivity contribution in [2.45, 2.75) is 24.7 Å². The quantitative estimate of drug-likeness (QED) is 0.673. The van der Waals surface area contributed by atoms with E-state index < -0.39 is 60.0 Å². The summed E-state index contributed by atoms with van der Waals surface area (Å²) in [5.41, 5.74) is -2.67. The Morgan fingerprint density at radius 1 is 1.06 bits per heavy atom. The molecule has 2 unspecified atom stereocenters. The molecule has 1 aromatic carbocycles. The zero-order chi connectivity index (χ0) is 23.8. The van der Waals surface area contributed by atoms with E-state index >= 15 is 0 Å². The minimum atomic E-state index is -5.02. The number of benzene rings is 1. The summed E-state index contributed by atoms with van der Waals surface area (Å²) in [6, 6.07) is 3.44. The van der Waals surface area contributed by atoms with Crippen LogP contribution in [0.5, 0.6) is 0 Å². The highest BCUT2D eigenvalue weighted by atomic mass is 19.4. The molecule has 0 aliphatic carbocycles. The van der Waals surface area contributed by atoms with E-state index in [1.54, 1.807) is 0 Å². The number of hydrogen-bond acceptors (Lipinski definition) is 5. The van der Waals surface area contributed by atoms with E-state index in [0.29, 0.717) is 11.0 Å². The van der Waals surface area contributed by atoms with E-state index in [2.05, 4.69) is 0 Å². The number of carbonyl (C=O) groups excluding carboxylic acids is 1. The van der Waals surface area contributed by atoms with E-state index in [0.717, 1.165) is 21.9 Å². The van der Waals surface area contributed by atoms with Crippen molar-refractivity contribution in [1.82, 2.24) is 9.80 Å². The van der Waals surface area contributed by atoms with Gasteiger partial charge in [-0.2, -0.15) is 31.6 Å². The van der Waals surface area contributed by atoms with Gasteiger partial charge in [0.15, 0.2) is 6.10 Å². The number of halogens is 6. The number of carbonyl (C=O) groups is 2. The number of amides is 2. The lowest BCUT2D eigenvalue weighted by Crippen LogP contribution is -2.53. The van der Waals surface area contributed by atoms with Crippen LogP contribution in [-0.4, -0.2) is 78.1 Å². The zero-order valence-electron chi connectivity index (χ0n) is 16.2. The number of piperazine rings is 1. The fraction of sp³-hybridized carbons (Fsp3) is 0.500. The van der Waals surface area contributed by atoms with Gasteiger partial charge in [0, 0.05) is 31.9 Å². The number of ether oxygens (including phenoxy) is 1. The van der Waals surface area contributed by atoms with E-state index in [9.17, 15) is 35.9 Å². The Morgan fingerprint density at radius 3 is 2.16 bits per heavy atom. The van der Waals surface area contributed by atoms with E-state index in [1.807, 2.05) is 0 Å². The Bertz CT molecular complexity index is 937. The maximum Gasteiger partial charge on any atom is 0.433 e. The van der Waals surface area contributed by atoms with Gasteiger partial charge in [0.2, 0.25) is 6.23 Å². The van der Waals surface area contributed by atoms with Crippen molar-refractivity contribution in [3.8, 4) is 6.07 Å². The van der Waals surface area contributed by atoms with Crippen LogP contribution in [0.25, 0.3) is 0 Å². The summed E-state index contributed by atoms with van der Waals surface area (Å²) in [6.07, 6.45) is -15.5. The van der Waals surface area contributed by atoms with Gasteiger partial charge in [0.25, 0.3) is 5.91 Å². The summed E-state index contributed by atoms with van der Waals surface area (Å²) in [6.45, 7) is -0.867. The Morgan fingerprint density at radius 2 is 1.66 bits per heavy atom. The normalized spacial score (nSPS) is 22.1. The van der Waals surface area contributed by atoms with Gasteiger partial charge >= 0.3 is 18.4 Å². The molecule has 32 heavy (non-hydrogen) atoms. The van der Waals surface area contributed by atoms with Gasteiger partial charge in [0.05, 0.1) is 23.7 Å². The maximum absolute atomic E-state index is 13.6. The Balaban J connectivity index is 1.85. The van der Waals surface area contributed by atoms with Crippen LogP contribution in [0.2, 0.25) is 0 Å². The first-order valence-corrected chi connectivity index (χ1v) is 9.19. The number of anilines is 1. The summed E-state index contributed by atoms with van der Waals surface area (Å²) in [5, 5.41) is 17.8. The molecule has 2 atom stereocenters. The third-order valence-electron chi connectivity index (χ3n) is 5.12. The van der Waals surface area contributed by atoms with Crippen LogP contribution in [0.15, 0.2) is 18.2 Å². The third-order valence-corrected chi connectivity index (χ3v) is 5.12. The highest BCUT2D eigenvalue weighted by Gasteiger charge is 2.53. The number of nitrogens with zero attached hydrogens (tertiary/aromatic N) is 4. The summed E-state index contributed by atoms with van der Waals surface area (Å²) in [5.74, 6) is -0.823. The molecule has 174 valence electrons. The molecule has 2 amide bonds. The van der Waals surface area contributed by atoms with Crippen molar-refractivity contribution in [2.24, 2.45) is 0 Å². The topological polar surface area (TPSA) is 97.1 Å². The Kier molecular flexibility index (Phi) is 6.14. The molecule has 0 aromatic heterocycles. The molecule has 0 spiro atoms. The average molecular weight is 466 g/mol. The maximum atomic E-state index is 13.6. The SMILES string of the molecule is N#Cc1ccc(N2CC(C(=O)N3CCN(C(=O)O)CC3)OC2C(F)(F)F)cc1C(F)(F)F. The van der Waals surface area contributed by atoms with E-state index in [-0.39, 0.29) is 26.2 Å². The van der Waals surface area contributed by atoms with Crippen LogP contribution in [0, 0.1) is 11.3 Å². The number of alkyl halides is 6. The second-order valence-electron chi connectivity index (χ2n) is 7.11. The van der Waals surface area contributed by atoms with Crippen molar-refractivity contribution in [1.29, 1.82) is 5.26 Å². The molecule has 2 fully saturated rings. The first-order valence-electron chi connectivity index (χ1n) is 9.19. The van der Waals surface area contributed by atoms with Crippen molar-refractivity contribution in [3.05, 3.63) is 29.3 Å². The van der Waals surface area contributed by atoms with Gasteiger partial charge in [-0.15, -0.1) is 0 Å². The van der Waals surface area contributed by atoms with Crippen molar-refractivity contribution in [2.75, 3.05) is 37.6 Å². The summed E-state index contributed by atoms with van der Waals surface area (Å²) in [4.78, 5) is 26.3. The molecular weight excluding hydrogens is 450 g/mol. The molecule has 14 heteroatoms. The van der Waals surface area contributed by atoms with E-state index in [4.69, 9.17) is 15.1 Å². The lowest BCUT2D eigenvalue weighted by atomic mass is 10.1. The van der Waals surface area contributed by atoms with E-state index in [1.165, 1.54) is 6.07 Å². The van der Waals surface area contributed by atoms with Crippen LogP contribution < -0.4 is 4.90 Å². The fourth-order valence-electron chi connectivity index (χ4n) is 3.54. The van der Waals surface area contributed by atoms with Gasteiger partial charge in [-0.05, 0) is 18.2 Å². The number of rotatable bonds is 2. The number of hydrogen-bond donors (Lipinski definition) is 1. The lowest BCUT2D eigenvalue weighted by molar-refractivity contribution is -0.215. The summed E-state index contributed by atoms with van der Waals surface area (Å²) < 4.78 is 85.3. The van der Waals surface area contributed by atoms with Crippen LogP contribution in [0.1, 0.15) is 11.1 Å². The number of carboxylic acid groups (broad SMARTS) is 1. The summed E-state index contributed by atoms with van der Waals surface area (Å²) >= 11 is 0. The minimum Gasteiger partial charge on any atom is -0.465 e. The molecule has 2 aliphatic rings. The molecule has 0 radical (unpaired) electrons. The smallest absolute Gasteiger partial charge is 0.433 e. The van der Waals surface area contributed by atoms with Gasteiger partial charge in [-0.1, -0.05) is 0 Å². The standard InChI is InChI=1S/C18H16F6N4O4/c19-17(20,21)12-7-11(2-1-10(12)8-25)28-9-13(32-15(28)18(22,23)24)14(29)26-3-5-27(6-4-26)16(30)31/h1-2,7,13,15H,3-6,9H2,(H,30,31).